The van der Waals surface area contributed by atoms with Crippen LogP contribution in [0.4, 0.5) is 15.8 Å². The molecule has 2 amide bonds. The minimum Gasteiger partial charge on any atom is -0.465 e. The molecule has 0 aliphatic carbocycles. The summed E-state index contributed by atoms with van der Waals surface area (Å²) in [5.41, 5.74) is 1.72. The molecule has 1 atom stereocenters. The fraction of sp³-hybridized carbons (Fsp3) is 0.250. The first-order valence-electron chi connectivity index (χ1n) is 8.45. The number of aryl methyl sites for hydroxylation is 1. The van der Waals surface area contributed by atoms with Gasteiger partial charge in [-0.05, 0) is 36.8 Å². The van der Waals surface area contributed by atoms with Gasteiger partial charge in [-0.25, -0.2) is 9.18 Å². The second-order valence-corrected chi connectivity index (χ2v) is 6.37. The van der Waals surface area contributed by atoms with Gasteiger partial charge in [0.05, 0.1) is 24.3 Å². The number of halogens is 1. The predicted molar refractivity (Wildman–Crippen MR) is 98.0 cm³/mol. The first kappa shape index (κ1) is 18.6. The number of hydrogen-bond donors (Lipinski definition) is 1. The summed E-state index contributed by atoms with van der Waals surface area (Å²) < 4.78 is 18.6. The Morgan fingerprint density at radius 2 is 1.96 bits per heavy atom. The van der Waals surface area contributed by atoms with E-state index in [9.17, 15) is 18.8 Å². The van der Waals surface area contributed by atoms with Crippen molar-refractivity contribution in [2.24, 2.45) is 5.92 Å². The normalized spacial score (nSPS) is 16.3. The third-order valence-corrected chi connectivity index (χ3v) is 4.56. The number of rotatable bonds is 4. The van der Waals surface area contributed by atoms with Gasteiger partial charge in [-0.3, -0.25) is 9.59 Å². The highest BCUT2D eigenvalue weighted by atomic mass is 19.1. The summed E-state index contributed by atoms with van der Waals surface area (Å²) in [6.45, 7) is 1.89. The summed E-state index contributed by atoms with van der Waals surface area (Å²) in [7, 11) is 1.28. The molecule has 0 bridgehead atoms. The smallest absolute Gasteiger partial charge is 0.337 e. The van der Waals surface area contributed by atoms with E-state index in [1.807, 2.05) is 0 Å². The van der Waals surface area contributed by atoms with Crippen LogP contribution in [0.1, 0.15) is 22.3 Å². The van der Waals surface area contributed by atoms with Crippen LogP contribution in [0.2, 0.25) is 0 Å². The van der Waals surface area contributed by atoms with Gasteiger partial charge in [-0.2, -0.15) is 0 Å². The molecule has 3 rings (SSSR count). The number of para-hydroxylation sites is 1. The maximum absolute atomic E-state index is 14.0. The summed E-state index contributed by atoms with van der Waals surface area (Å²) >= 11 is 0. The standard InChI is InChI=1S/C20H19FN2O4/c1-12-7-8-13(20(26)27-2)9-16(12)22-19(25)14-10-18(24)23(11-14)17-6-4-3-5-15(17)21/h3-9,14H,10-11H2,1-2H3,(H,22,25)/t14-/m0/s1. The van der Waals surface area contributed by atoms with Gasteiger partial charge in [0, 0.05) is 18.7 Å². The Morgan fingerprint density at radius 1 is 1.22 bits per heavy atom. The van der Waals surface area contributed by atoms with Crippen molar-refractivity contribution in [1.29, 1.82) is 0 Å². The van der Waals surface area contributed by atoms with Crippen molar-refractivity contribution >= 4 is 29.2 Å². The Bertz CT molecular complexity index is 913. The molecule has 1 aliphatic heterocycles. The number of methoxy groups -OCH3 is 1. The van der Waals surface area contributed by atoms with Crippen LogP contribution >= 0.6 is 0 Å². The molecule has 27 heavy (non-hydrogen) atoms. The van der Waals surface area contributed by atoms with Crippen LogP contribution in [-0.4, -0.2) is 31.4 Å². The zero-order valence-electron chi connectivity index (χ0n) is 15.0. The quantitative estimate of drug-likeness (QED) is 0.840. The Labute approximate surface area is 155 Å². The molecule has 2 aromatic rings. The van der Waals surface area contributed by atoms with E-state index in [1.54, 1.807) is 31.2 Å². The molecule has 0 spiro atoms. The third-order valence-electron chi connectivity index (χ3n) is 4.56. The lowest BCUT2D eigenvalue weighted by molar-refractivity contribution is -0.122. The maximum atomic E-state index is 14.0. The van der Waals surface area contributed by atoms with E-state index >= 15 is 0 Å². The van der Waals surface area contributed by atoms with Gasteiger partial charge in [-0.15, -0.1) is 0 Å². The molecule has 0 unspecified atom stereocenters. The molecule has 1 heterocycles. The number of nitrogens with zero attached hydrogens (tertiary/aromatic N) is 1. The Kier molecular flexibility index (Phi) is 5.21. The number of anilines is 2. The average Bonchev–Trinajstić information content (AvgIpc) is 3.05. The number of ether oxygens (including phenoxy) is 1. The number of carbonyl (C=O) groups is 3. The van der Waals surface area contributed by atoms with Crippen molar-refractivity contribution in [3.63, 3.8) is 0 Å². The maximum Gasteiger partial charge on any atom is 0.337 e. The van der Waals surface area contributed by atoms with E-state index < -0.39 is 17.7 Å². The zero-order valence-corrected chi connectivity index (χ0v) is 15.0. The molecule has 7 heteroatoms. The van der Waals surface area contributed by atoms with Crippen LogP contribution in [0.3, 0.4) is 0 Å². The summed E-state index contributed by atoms with van der Waals surface area (Å²) in [5.74, 6) is -2.29. The number of esters is 1. The number of carbonyl (C=O) groups excluding carboxylic acids is 3. The first-order chi connectivity index (χ1) is 12.9. The van der Waals surface area contributed by atoms with Crippen LogP contribution in [-0.2, 0) is 14.3 Å². The largest absolute Gasteiger partial charge is 0.465 e. The van der Waals surface area contributed by atoms with E-state index in [0.717, 1.165) is 5.56 Å². The molecule has 1 saturated heterocycles. The van der Waals surface area contributed by atoms with Gasteiger partial charge in [0.25, 0.3) is 0 Å². The lowest BCUT2D eigenvalue weighted by Crippen LogP contribution is -2.28. The zero-order chi connectivity index (χ0) is 19.6. The van der Waals surface area contributed by atoms with Crippen molar-refractivity contribution in [2.75, 3.05) is 23.9 Å². The van der Waals surface area contributed by atoms with E-state index in [2.05, 4.69) is 10.1 Å². The van der Waals surface area contributed by atoms with E-state index in [4.69, 9.17) is 0 Å². The number of amides is 2. The second-order valence-electron chi connectivity index (χ2n) is 6.37. The summed E-state index contributed by atoms with van der Waals surface area (Å²) in [4.78, 5) is 37.8. The van der Waals surface area contributed by atoms with Crippen LogP contribution in [0.25, 0.3) is 0 Å². The Balaban J connectivity index is 1.75. The topological polar surface area (TPSA) is 75.7 Å². The van der Waals surface area contributed by atoms with Crippen molar-refractivity contribution < 1.29 is 23.5 Å². The molecule has 140 valence electrons. The Hall–Kier alpha value is -3.22. The first-order valence-corrected chi connectivity index (χ1v) is 8.45. The second kappa shape index (κ2) is 7.57. The number of benzene rings is 2. The van der Waals surface area contributed by atoms with Gasteiger partial charge < -0.3 is 15.0 Å². The number of hydrogen-bond acceptors (Lipinski definition) is 4. The van der Waals surface area contributed by atoms with Crippen molar-refractivity contribution in [2.45, 2.75) is 13.3 Å². The van der Waals surface area contributed by atoms with Gasteiger partial charge in [0.1, 0.15) is 5.82 Å². The van der Waals surface area contributed by atoms with Crippen molar-refractivity contribution in [1.82, 2.24) is 0 Å². The number of nitrogens with one attached hydrogen (secondary N) is 1. The van der Waals surface area contributed by atoms with Crippen LogP contribution in [0.5, 0.6) is 0 Å². The summed E-state index contributed by atoms with van der Waals surface area (Å²) in [6, 6.07) is 10.8. The molecular weight excluding hydrogens is 351 g/mol. The van der Waals surface area contributed by atoms with Crippen LogP contribution in [0.15, 0.2) is 42.5 Å². The highest BCUT2D eigenvalue weighted by Gasteiger charge is 2.36. The lowest BCUT2D eigenvalue weighted by atomic mass is 10.1. The van der Waals surface area contributed by atoms with Crippen molar-refractivity contribution in [3.05, 3.63) is 59.4 Å². The minimum atomic E-state index is -0.613. The molecule has 1 fully saturated rings. The molecule has 6 nitrogen and oxygen atoms in total. The monoisotopic (exact) mass is 370 g/mol. The molecule has 1 aliphatic rings. The van der Waals surface area contributed by atoms with Crippen LogP contribution in [0, 0.1) is 18.7 Å². The fourth-order valence-corrected chi connectivity index (χ4v) is 3.02. The molecule has 2 aromatic carbocycles. The average molecular weight is 370 g/mol. The lowest BCUT2D eigenvalue weighted by Gasteiger charge is -2.17. The SMILES string of the molecule is COC(=O)c1ccc(C)c(NC(=O)[C@H]2CC(=O)N(c3ccccc3F)C2)c1. The third kappa shape index (κ3) is 3.81. The van der Waals surface area contributed by atoms with Gasteiger partial charge in [-0.1, -0.05) is 18.2 Å². The predicted octanol–water partition coefficient (Wildman–Crippen LogP) is 2.91. The highest BCUT2D eigenvalue weighted by Crippen LogP contribution is 2.28. The van der Waals surface area contributed by atoms with Gasteiger partial charge >= 0.3 is 5.97 Å². The Morgan fingerprint density at radius 3 is 2.67 bits per heavy atom. The van der Waals surface area contributed by atoms with E-state index in [0.29, 0.717) is 11.3 Å². The molecule has 0 aromatic heterocycles. The van der Waals surface area contributed by atoms with Crippen molar-refractivity contribution in [3.8, 4) is 0 Å². The van der Waals surface area contributed by atoms with E-state index in [-0.39, 0.29) is 30.5 Å². The molecular formula is C20H19FN2O4. The molecule has 1 N–H and O–H groups in total. The molecule has 0 radical (unpaired) electrons. The fourth-order valence-electron chi connectivity index (χ4n) is 3.02. The molecule has 0 saturated carbocycles. The minimum absolute atomic E-state index is 0.00406. The van der Waals surface area contributed by atoms with Gasteiger partial charge in [0.2, 0.25) is 11.8 Å². The summed E-state index contributed by atoms with van der Waals surface area (Å²) in [5, 5.41) is 2.76. The van der Waals surface area contributed by atoms with Gasteiger partial charge in [0.15, 0.2) is 0 Å². The summed E-state index contributed by atoms with van der Waals surface area (Å²) in [6.07, 6.45) is -0.00406. The van der Waals surface area contributed by atoms with Crippen LogP contribution < -0.4 is 10.2 Å². The van der Waals surface area contributed by atoms with E-state index in [1.165, 1.54) is 30.2 Å². The highest BCUT2D eigenvalue weighted by molar-refractivity contribution is 6.04.